The summed E-state index contributed by atoms with van der Waals surface area (Å²) in [6, 6.07) is 7.09. The van der Waals surface area contributed by atoms with E-state index < -0.39 is 50.5 Å². The lowest BCUT2D eigenvalue weighted by Crippen LogP contribution is -2.37. The number of nitrogens with one attached hydrogen (secondary N) is 2. The minimum atomic E-state index is -4.28. The van der Waals surface area contributed by atoms with Crippen molar-refractivity contribution in [1.29, 1.82) is 0 Å². The number of nitrogens with zero attached hydrogens (tertiary/aromatic N) is 4. The van der Waals surface area contributed by atoms with Crippen molar-refractivity contribution in [2.24, 2.45) is 0 Å². The number of rotatable bonds is 11. The molecule has 1 aliphatic rings. The number of imidazole rings is 1. The number of aryl methyl sites for hydroxylation is 1. The summed E-state index contributed by atoms with van der Waals surface area (Å²) in [7, 11) is -0.788. The lowest BCUT2D eigenvalue weighted by atomic mass is 10.1. The van der Waals surface area contributed by atoms with Gasteiger partial charge in [0, 0.05) is 37.7 Å². The summed E-state index contributed by atoms with van der Waals surface area (Å²) in [6.45, 7) is 0.885. The second-order valence-corrected chi connectivity index (χ2v) is 11.3. The zero-order valence-corrected chi connectivity index (χ0v) is 24.7. The molecule has 230 valence electrons. The summed E-state index contributed by atoms with van der Waals surface area (Å²) >= 11 is 0. The van der Waals surface area contributed by atoms with E-state index in [0.717, 1.165) is 20.2 Å². The van der Waals surface area contributed by atoms with Crippen LogP contribution >= 0.6 is 7.75 Å². The maximum atomic E-state index is 12.6. The quantitative estimate of drug-likeness (QED) is 0.113. The number of likely N-dealkylation sites (N-methyl/N-ethyl adjacent to an activating group) is 1. The van der Waals surface area contributed by atoms with Crippen LogP contribution < -0.4 is 22.1 Å². The molecule has 0 saturated carbocycles. The number of carbonyl (C=O) groups excluding carboxylic acids is 1. The van der Waals surface area contributed by atoms with Crippen molar-refractivity contribution in [2.45, 2.75) is 44.2 Å². The molecule has 1 aliphatic heterocycles. The number of aliphatic hydroxyl groups excluding tert-OH is 1. The van der Waals surface area contributed by atoms with E-state index in [1.807, 2.05) is 31.3 Å². The third-order valence-electron chi connectivity index (χ3n) is 6.80. The lowest BCUT2D eigenvalue weighted by molar-refractivity contribution is -0.144. The van der Waals surface area contributed by atoms with Gasteiger partial charge >= 0.3 is 19.4 Å². The van der Waals surface area contributed by atoms with Crippen LogP contribution in [0.3, 0.4) is 0 Å². The number of anilines is 2. The number of hydrogen-bond acceptors (Lipinski definition) is 12. The van der Waals surface area contributed by atoms with Gasteiger partial charge in [-0.25, -0.2) is 18.7 Å². The predicted molar refractivity (Wildman–Crippen MR) is 156 cm³/mol. The maximum Gasteiger partial charge on any atom is 0.437 e. The highest BCUT2D eigenvalue weighted by atomic mass is 31.2. The summed E-state index contributed by atoms with van der Waals surface area (Å²) in [5.74, 6) is 5.10. The largest absolute Gasteiger partial charge is 0.451 e. The van der Waals surface area contributed by atoms with Gasteiger partial charge in [-0.15, -0.1) is 0 Å². The molecule has 43 heavy (non-hydrogen) atoms. The molecule has 0 bridgehead atoms. The fourth-order valence-electron chi connectivity index (χ4n) is 4.38. The van der Waals surface area contributed by atoms with Crippen molar-refractivity contribution in [3.63, 3.8) is 0 Å². The molecule has 1 fully saturated rings. The fourth-order valence-corrected chi connectivity index (χ4v) is 5.49. The van der Waals surface area contributed by atoms with Gasteiger partial charge in [0.25, 0.3) is 0 Å². The molecule has 16 heteroatoms. The first-order chi connectivity index (χ1) is 20.5. The molecule has 2 aromatic heterocycles. The van der Waals surface area contributed by atoms with Gasteiger partial charge in [0.15, 0.2) is 6.61 Å². The first-order valence-corrected chi connectivity index (χ1v) is 14.8. The Morgan fingerprint density at radius 1 is 1.33 bits per heavy atom. The average molecular weight is 616 g/mol. The molecule has 5 atom stereocenters. The average Bonchev–Trinajstić information content (AvgIpc) is 3.59. The normalized spacial score (nSPS) is 20.1. The number of hydrogen-bond donors (Lipinski definition) is 5. The van der Waals surface area contributed by atoms with Crippen LogP contribution in [-0.2, 0) is 29.8 Å². The summed E-state index contributed by atoms with van der Waals surface area (Å²) in [5.41, 5.74) is 7.24. The van der Waals surface area contributed by atoms with E-state index in [4.69, 9.17) is 19.7 Å². The van der Waals surface area contributed by atoms with Gasteiger partial charge in [0.05, 0.1) is 18.3 Å². The number of benzene rings is 1. The van der Waals surface area contributed by atoms with Crippen molar-refractivity contribution in [3.05, 3.63) is 70.3 Å². The highest BCUT2D eigenvalue weighted by Crippen LogP contribution is 2.45. The Labute approximate surface area is 247 Å². The number of nitrogens with two attached hydrogens (primary N) is 1. The summed E-state index contributed by atoms with van der Waals surface area (Å²) in [4.78, 5) is 43.1. The van der Waals surface area contributed by atoms with E-state index in [1.165, 1.54) is 18.6 Å². The Bertz CT molecular complexity index is 1600. The van der Waals surface area contributed by atoms with E-state index >= 15 is 0 Å². The second-order valence-electron chi connectivity index (χ2n) is 9.67. The van der Waals surface area contributed by atoms with Crippen LogP contribution in [0.4, 0.5) is 11.5 Å². The predicted octanol–water partition coefficient (Wildman–Crippen LogP) is 0.411. The second kappa shape index (κ2) is 14.0. The Balaban J connectivity index is 1.36. The summed E-state index contributed by atoms with van der Waals surface area (Å²) in [6.07, 6.45) is 1.32. The standard InChI is InChI=1S/C27H34N7O8P/c1-17-31-10-11-34(17)43(38,39)41-16-23-22(35)14-24(42-23)33-15-19(25(28)32-27(33)37)5-4-12-40-26(36)21(30-3)13-18-6-8-20(29-2)9-7-18/h6-11,15,21-24,29-30,35H,12-14,16H2,1-3H3,(H,38,39)(H2,28,32,37)/t21?,22-,23-,24-/m1/s1. The first-order valence-electron chi connectivity index (χ1n) is 13.3. The van der Waals surface area contributed by atoms with E-state index in [2.05, 4.69) is 32.4 Å². The molecular formula is C27H34N7O8P. The molecule has 0 radical (unpaired) electrons. The zero-order chi connectivity index (χ0) is 31.1. The molecule has 0 aliphatic carbocycles. The van der Waals surface area contributed by atoms with Crippen LogP contribution in [-0.4, -0.2) is 80.4 Å². The Hall–Kier alpha value is -4.03. The van der Waals surface area contributed by atoms with Crippen molar-refractivity contribution < 1.29 is 33.4 Å². The fraction of sp³-hybridized carbons (Fsp3) is 0.407. The molecule has 4 rings (SSSR count). The SMILES string of the molecule is CNc1ccc(CC(NC)C(=O)OCC#Cc2cn([C@H]3C[C@@H](O)[C@@H](COP(=O)(O)n4ccnc4C)O3)c(=O)nc2N)cc1. The van der Waals surface area contributed by atoms with Crippen LogP contribution in [0.5, 0.6) is 0 Å². The van der Waals surface area contributed by atoms with Crippen LogP contribution in [0.25, 0.3) is 0 Å². The minimum Gasteiger partial charge on any atom is -0.451 e. The molecule has 0 amide bonds. The Morgan fingerprint density at radius 2 is 2.07 bits per heavy atom. The summed E-state index contributed by atoms with van der Waals surface area (Å²) < 4.78 is 30.9. The molecule has 6 N–H and O–H groups in total. The zero-order valence-electron chi connectivity index (χ0n) is 23.8. The number of carbonyl (C=O) groups is 1. The molecule has 1 saturated heterocycles. The van der Waals surface area contributed by atoms with Gasteiger partial charge in [0.1, 0.15) is 30.0 Å². The van der Waals surface area contributed by atoms with E-state index in [1.54, 1.807) is 14.0 Å². The van der Waals surface area contributed by atoms with Crippen LogP contribution in [0.1, 0.15) is 29.6 Å². The highest BCUT2D eigenvalue weighted by Gasteiger charge is 2.38. The molecular weight excluding hydrogens is 581 g/mol. The number of aliphatic hydroxyl groups is 1. The van der Waals surface area contributed by atoms with E-state index in [9.17, 15) is 24.2 Å². The van der Waals surface area contributed by atoms with Gasteiger partial charge in [-0.1, -0.05) is 24.0 Å². The number of aromatic nitrogens is 4. The summed E-state index contributed by atoms with van der Waals surface area (Å²) in [5, 5.41) is 16.5. The van der Waals surface area contributed by atoms with Gasteiger partial charge in [0.2, 0.25) is 0 Å². The van der Waals surface area contributed by atoms with Gasteiger partial charge in [-0.05, 0) is 38.1 Å². The van der Waals surface area contributed by atoms with Crippen molar-refractivity contribution in [1.82, 2.24) is 24.2 Å². The Morgan fingerprint density at radius 3 is 2.72 bits per heavy atom. The first kappa shape index (κ1) is 31.9. The monoisotopic (exact) mass is 615 g/mol. The molecule has 15 nitrogen and oxygen atoms in total. The molecule has 0 spiro atoms. The van der Waals surface area contributed by atoms with Crippen LogP contribution in [0, 0.1) is 18.8 Å². The van der Waals surface area contributed by atoms with E-state index in [0.29, 0.717) is 6.42 Å². The van der Waals surface area contributed by atoms with Gasteiger partial charge in [-0.3, -0.25) is 13.9 Å². The maximum absolute atomic E-state index is 12.6. The van der Waals surface area contributed by atoms with Crippen LogP contribution in [0.15, 0.2) is 47.7 Å². The molecule has 3 heterocycles. The van der Waals surface area contributed by atoms with Crippen molar-refractivity contribution in [2.75, 3.05) is 38.4 Å². The minimum absolute atomic E-state index is 0.0209. The number of esters is 1. The van der Waals surface area contributed by atoms with Gasteiger partial charge < -0.3 is 35.8 Å². The number of ether oxygens (including phenoxy) is 2. The topological polar surface area (TPSA) is 205 Å². The highest BCUT2D eigenvalue weighted by molar-refractivity contribution is 7.51. The third kappa shape index (κ3) is 7.88. The molecule has 2 unspecified atom stereocenters. The lowest BCUT2D eigenvalue weighted by Gasteiger charge is -2.19. The molecule has 3 aromatic rings. The van der Waals surface area contributed by atoms with Gasteiger partial charge in [-0.2, -0.15) is 4.98 Å². The van der Waals surface area contributed by atoms with Crippen molar-refractivity contribution >= 4 is 25.2 Å². The van der Waals surface area contributed by atoms with Crippen molar-refractivity contribution in [3.8, 4) is 11.8 Å². The third-order valence-corrected chi connectivity index (χ3v) is 8.25. The van der Waals surface area contributed by atoms with E-state index in [-0.39, 0.29) is 30.2 Å². The smallest absolute Gasteiger partial charge is 0.437 e. The van der Waals surface area contributed by atoms with Crippen LogP contribution in [0.2, 0.25) is 0 Å². The Kier molecular flexibility index (Phi) is 10.4. The molecule has 1 aromatic carbocycles. The number of nitrogen functional groups attached to an aromatic ring is 1.